The van der Waals surface area contributed by atoms with Gasteiger partial charge in [0.1, 0.15) is 5.75 Å². The maximum Gasteiger partial charge on any atom is 0.310 e. The Morgan fingerprint density at radius 3 is 2.10 bits per heavy atom. The molecule has 0 fully saturated rings. The number of hydrogen-bond acceptors (Lipinski definition) is 4. The lowest BCUT2D eigenvalue weighted by atomic mass is 9.98. The molecular weight excluding hydrogens is 268 g/mol. The van der Waals surface area contributed by atoms with Gasteiger partial charge in [-0.2, -0.15) is 0 Å². The molecule has 0 aliphatic rings. The Hall–Kier alpha value is -2.43. The SMILES string of the molecule is COc1ccc(-c2nc(C)c(C(C)C(=O)O)c(C)n2)cc1. The highest BCUT2D eigenvalue weighted by atomic mass is 16.5. The monoisotopic (exact) mass is 286 g/mol. The minimum Gasteiger partial charge on any atom is -0.497 e. The van der Waals surface area contributed by atoms with Crippen LogP contribution in [0.1, 0.15) is 29.8 Å². The Balaban J connectivity index is 2.45. The molecule has 1 N–H and O–H groups in total. The predicted molar refractivity (Wildman–Crippen MR) is 79.5 cm³/mol. The van der Waals surface area contributed by atoms with Crippen LogP contribution in [0.15, 0.2) is 24.3 Å². The normalized spacial score (nSPS) is 12.0. The zero-order chi connectivity index (χ0) is 15.6. The average molecular weight is 286 g/mol. The number of hydrogen-bond donors (Lipinski definition) is 1. The van der Waals surface area contributed by atoms with Crippen LogP contribution in [-0.2, 0) is 4.79 Å². The first-order chi connectivity index (χ1) is 9.93. The molecule has 0 saturated heterocycles. The van der Waals surface area contributed by atoms with Crippen LogP contribution >= 0.6 is 0 Å². The number of carbonyl (C=O) groups is 1. The van der Waals surface area contributed by atoms with E-state index in [0.29, 0.717) is 22.8 Å². The predicted octanol–water partition coefficient (Wildman–Crippen LogP) is 2.96. The molecule has 110 valence electrons. The summed E-state index contributed by atoms with van der Waals surface area (Å²) >= 11 is 0. The van der Waals surface area contributed by atoms with Gasteiger partial charge in [0.25, 0.3) is 0 Å². The topological polar surface area (TPSA) is 72.3 Å². The Labute approximate surface area is 123 Å². The van der Waals surface area contributed by atoms with Gasteiger partial charge in [0.15, 0.2) is 5.82 Å². The van der Waals surface area contributed by atoms with Gasteiger partial charge in [-0.25, -0.2) is 9.97 Å². The fourth-order valence-corrected chi connectivity index (χ4v) is 2.34. The van der Waals surface area contributed by atoms with Gasteiger partial charge in [-0.1, -0.05) is 0 Å². The molecule has 5 heteroatoms. The van der Waals surface area contributed by atoms with E-state index in [1.54, 1.807) is 14.0 Å². The summed E-state index contributed by atoms with van der Waals surface area (Å²) in [7, 11) is 1.61. The first kappa shape index (κ1) is 15.0. The van der Waals surface area contributed by atoms with E-state index >= 15 is 0 Å². The quantitative estimate of drug-likeness (QED) is 0.935. The van der Waals surface area contributed by atoms with Crippen LogP contribution in [0.5, 0.6) is 5.75 Å². The lowest BCUT2D eigenvalue weighted by molar-refractivity contribution is -0.138. The molecule has 1 aromatic heterocycles. The molecule has 0 spiro atoms. The number of aryl methyl sites for hydroxylation is 2. The minimum atomic E-state index is -0.873. The molecular formula is C16H18N2O3. The van der Waals surface area contributed by atoms with Crippen LogP contribution in [0.2, 0.25) is 0 Å². The first-order valence-electron chi connectivity index (χ1n) is 6.66. The summed E-state index contributed by atoms with van der Waals surface area (Å²) < 4.78 is 5.12. The van der Waals surface area contributed by atoms with E-state index in [1.807, 2.05) is 38.1 Å². The van der Waals surface area contributed by atoms with E-state index in [1.165, 1.54) is 0 Å². The third-order valence-corrected chi connectivity index (χ3v) is 3.48. The van der Waals surface area contributed by atoms with Crippen molar-refractivity contribution in [2.45, 2.75) is 26.7 Å². The van der Waals surface area contributed by atoms with E-state index in [4.69, 9.17) is 9.84 Å². The molecule has 1 unspecified atom stereocenters. The van der Waals surface area contributed by atoms with E-state index in [9.17, 15) is 4.79 Å². The molecule has 2 aromatic rings. The first-order valence-corrected chi connectivity index (χ1v) is 6.66. The molecule has 0 radical (unpaired) electrons. The standard InChI is InChI=1S/C16H18N2O3/c1-9(16(19)20)14-10(2)17-15(18-11(14)3)12-5-7-13(21-4)8-6-12/h5-9H,1-4H3,(H,19,20). The van der Waals surface area contributed by atoms with Gasteiger partial charge in [0.2, 0.25) is 0 Å². The number of aromatic nitrogens is 2. The van der Waals surface area contributed by atoms with Crippen LogP contribution in [-0.4, -0.2) is 28.2 Å². The van der Waals surface area contributed by atoms with Crippen molar-refractivity contribution in [3.05, 3.63) is 41.2 Å². The number of carboxylic acids is 1. The maximum atomic E-state index is 11.2. The molecule has 1 atom stereocenters. The van der Waals surface area contributed by atoms with Crippen LogP contribution in [0.25, 0.3) is 11.4 Å². The molecule has 1 aromatic carbocycles. The van der Waals surface area contributed by atoms with E-state index in [2.05, 4.69) is 9.97 Å². The number of rotatable bonds is 4. The smallest absolute Gasteiger partial charge is 0.310 e. The van der Waals surface area contributed by atoms with Gasteiger partial charge in [-0.3, -0.25) is 4.79 Å². The highest BCUT2D eigenvalue weighted by molar-refractivity contribution is 5.76. The van der Waals surface area contributed by atoms with Crippen molar-refractivity contribution in [3.8, 4) is 17.1 Å². The zero-order valence-corrected chi connectivity index (χ0v) is 12.5. The van der Waals surface area contributed by atoms with Crippen molar-refractivity contribution in [3.63, 3.8) is 0 Å². The summed E-state index contributed by atoms with van der Waals surface area (Å²) in [5.74, 6) is -0.130. The molecule has 21 heavy (non-hydrogen) atoms. The Morgan fingerprint density at radius 1 is 1.14 bits per heavy atom. The summed E-state index contributed by atoms with van der Waals surface area (Å²) in [4.78, 5) is 20.1. The maximum absolute atomic E-state index is 11.2. The number of nitrogens with zero attached hydrogens (tertiary/aromatic N) is 2. The number of benzene rings is 1. The molecule has 0 saturated carbocycles. The summed E-state index contributed by atoms with van der Waals surface area (Å²) in [6.45, 7) is 5.28. The number of aliphatic carboxylic acids is 1. The molecule has 0 amide bonds. The summed E-state index contributed by atoms with van der Waals surface area (Å²) in [5, 5.41) is 9.16. The second-order valence-corrected chi connectivity index (χ2v) is 4.92. The average Bonchev–Trinajstić information content (AvgIpc) is 2.46. The fourth-order valence-electron chi connectivity index (χ4n) is 2.34. The second kappa shape index (κ2) is 5.91. The van der Waals surface area contributed by atoms with Gasteiger partial charge in [0, 0.05) is 22.5 Å². The van der Waals surface area contributed by atoms with Crippen LogP contribution in [0.3, 0.4) is 0 Å². The van der Waals surface area contributed by atoms with Crippen molar-refractivity contribution in [1.82, 2.24) is 9.97 Å². The van der Waals surface area contributed by atoms with Crippen molar-refractivity contribution < 1.29 is 14.6 Å². The summed E-state index contributed by atoms with van der Waals surface area (Å²) in [6, 6.07) is 7.45. The van der Waals surface area contributed by atoms with Gasteiger partial charge < -0.3 is 9.84 Å². The van der Waals surface area contributed by atoms with Crippen LogP contribution in [0.4, 0.5) is 0 Å². The van der Waals surface area contributed by atoms with Gasteiger partial charge in [0.05, 0.1) is 13.0 Å². The van der Waals surface area contributed by atoms with Crippen molar-refractivity contribution in [2.75, 3.05) is 7.11 Å². The minimum absolute atomic E-state index is 0.592. The Morgan fingerprint density at radius 2 is 1.67 bits per heavy atom. The summed E-state index contributed by atoms with van der Waals surface area (Å²) in [6.07, 6.45) is 0. The third-order valence-electron chi connectivity index (χ3n) is 3.48. The van der Waals surface area contributed by atoms with Gasteiger partial charge in [-0.15, -0.1) is 0 Å². The van der Waals surface area contributed by atoms with E-state index < -0.39 is 11.9 Å². The molecule has 5 nitrogen and oxygen atoms in total. The fraction of sp³-hybridized carbons (Fsp3) is 0.312. The van der Waals surface area contributed by atoms with Crippen molar-refractivity contribution >= 4 is 5.97 Å². The highest BCUT2D eigenvalue weighted by Gasteiger charge is 2.21. The van der Waals surface area contributed by atoms with Crippen molar-refractivity contribution in [2.24, 2.45) is 0 Å². The van der Waals surface area contributed by atoms with E-state index in [0.717, 1.165) is 11.3 Å². The molecule has 0 aliphatic carbocycles. The number of ether oxygens (including phenoxy) is 1. The van der Waals surface area contributed by atoms with E-state index in [-0.39, 0.29) is 0 Å². The second-order valence-electron chi connectivity index (χ2n) is 4.92. The third kappa shape index (κ3) is 3.02. The molecule has 2 rings (SSSR count). The van der Waals surface area contributed by atoms with Crippen LogP contribution < -0.4 is 4.74 Å². The lowest BCUT2D eigenvalue weighted by Gasteiger charge is -2.14. The van der Waals surface area contributed by atoms with Crippen molar-refractivity contribution in [1.29, 1.82) is 0 Å². The Kier molecular flexibility index (Phi) is 4.21. The van der Waals surface area contributed by atoms with Gasteiger partial charge >= 0.3 is 5.97 Å². The highest BCUT2D eigenvalue weighted by Crippen LogP contribution is 2.25. The summed E-state index contributed by atoms with van der Waals surface area (Å²) in [5.41, 5.74) is 2.95. The van der Waals surface area contributed by atoms with Gasteiger partial charge in [-0.05, 0) is 45.0 Å². The molecule has 0 aliphatic heterocycles. The molecule has 0 bridgehead atoms. The molecule has 1 heterocycles. The zero-order valence-electron chi connectivity index (χ0n) is 12.5. The largest absolute Gasteiger partial charge is 0.497 e. The number of methoxy groups -OCH3 is 1. The number of carboxylic acid groups (broad SMARTS) is 1. The Bertz CT molecular complexity index is 643. The van der Waals surface area contributed by atoms with Crippen LogP contribution in [0, 0.1) is 13.8 Å². The lowest BCUT2D eigenvalue weighted by Crippen LogP contribution is -2.13.